The minimum Gasteiger partial charge on any atom is -0.387 e. The topological polar surface area (TPSA) is 29.5 Å². The summed E-state index contributed by atoms with van der Waals surface area (Å²) < 4.78 is 5.73. The number of benzene rings is 1. The lowest BCUT2D eigenvalue weighted by atomic mass is 9.89. The molecule has 0 heterocycles. The van der Waals surface area contributed by atoms with Gasteiger partial charge >= 0.3 is 0 Å². The van der Waals surface area contributed by atoms with Crippen LogP contribution in [-0.4, -0.2) is 16.3 Å². The van der Waals surface area contributed by atoms with E-state index in [0.29, 0.717) is 11.6 Å². The molecule has 0 aliphatic carbocycles. The first-order valence-electron chi connectivity index (χ1n) is 5.33. The Morgan fingerprint density at radius 1 is 1.25 bits per heavy atom. The molecular weight excluding hydrogens is 224 g/mol. The Bertz CT molecular complexity index is 353. The third-order valence-corrected chi connectivity index (χ3v) is 3.20. The van der Waals surface area contributed by atoms with Gasteiger partial charge in [-0.1, -0.05) is 23.7 Å². The summed E-state index contributed by atoms with van der Waals surface area (Å²) in [6.45, 7) is 7.67. The van der Waals surface area contributed by atoms with Crippen molar-refractivity contribution < 1.29 is 9.84 Å². The van der Waals surface area contributed by atoms with Gasteiger partial charge in [0.25, 0.3) is 0 Å². The Labute approximate surface area is 102 Å². The number of rotatable bonds is 4. The Morgan fingerprint density at radius 3 is 2.38 bits per heavy atom. The van der Waals surface area contributed by atoms with Gasteiger partial charge in [0.1, 0.15) is 0 Å². The van der Waals surface area contributed by atoms with Gasteiger partial charge in [0, 0.05) is 5.02 Å². The summed E-state index contributed by atoms with van der Waals surface area (Å²) in [4.78, 5) is 0. The van der Waals surface area contributed by atoms with Crippen LogP contribution in [0.15, 0.2) is 24.3 Å². The molecule has 0 spiro atoms. The molecule has 0 aliphatic rings. The van der Waals surface area contributed by atoms with E-state index in [2.05, 4.69) is 0 Å². The van der Waals surface area contributed by atoms with E-state index in [1.807, 2.05) is 38.1 Å². The average Bonchev–Trinajstić information content (AvgIpc) is 2.13. The van der Waals surface area contributed by atoms with Crippen molar-refractivity contribution in [1.29, 1.82) is 0 Å². The van der Waals surface area contributed by atoms with Crippen molar-refractivity contribution in [2.75, 3.05) is 0 Å². The molecule has 1 N–H and O–H groups in total. The molecule has 0 atom stereocenters. The second-order valence-electron chi connectivity index (χ2n) is 4.99. The molecular formula is C13H19ClO2. The molecule has 0 aliphatic heterocycles. The fourth-order valence-corrected chi connectivity index (χ4v) is 1.28. The first-order valence-corrected chi connectivity index (χ1v) is 5.71. The normalized spacial score (nSPS) is 12.9. The van der Waals surface area contributed by atoms with Crippen LogP contribution >= 0.6 is 11.6 Å². The van der Waals surface area contributed by atoms with Gasteiger partial charge in [-0.05, 0) is 45.4 Å². The molecule has 0 saturated carbocycles. The van der Waals surface area contributed by atoms with Crippen molar-refractivity contribution in [3.63, 3.8) is 0 Å². The molecule has 0 amide bonds. The molecule has 0 aromatic heterocycles. The second kappa shape index (κ2) is 4.74. The van der Waals surface area contributed by atoms with Gasteiger partial charge in [-0.25, -0.2) is 0 Å². The van der Waals surface area contributed by atoms with E-state index in [1.165, 1.54) is 0 Å². The van der Waals surface area contributed by atoms with Crippen molar-refractivity contribution in [1.82, 2.24) is 0 Å². The fourth-order valence-electron chi connectivity index (χ4n) is 1.07. The van der Waals surface area contributed by atoms with E-state index in [-0.39, 0.29) is 0 Å². The van der Waals surface area contributed by atoms with Gasteiger partial charge in [0.15, 0.2) is 0 Å². The first kappa shape index (κ1) is 13.5. The smallest absolute Gasteiger partial charge is 0.0911 e. The van der Waals surface area contributed by atoms with Gasteiger partial charge in [0.05, 0.1) is 17.8 Å². The van der Waals surface area contributed by atoms with Crippen LogP contribution in [0.3, 0.4) is 0 Å². The molecule has 90 valence electrons. The molecule has 3 heteroatoms. The van der Waals surface area contributed by atoms with E-state index in [9.17, 15) is 5.11 Å². The maximum Gasteiger partial charge on any atom is 0.0911 e. The lowest BCUT2D eigenvalue weighted by Crippen LogP contribution is -2.47. The van der Waals surface area contributed by atoms with Crippen molar-refractivity contribution in [2.24, 2.45) is 0 Å². The third kappa shape index (κ3) is 3.48. The number of halogens is 1. The molecule has 1 aromatic rings. The molecule has 1 rings (SSSR count). The standard InChI is InChI=1S/C13H19ClO2/c1-12(2,15)13(3,4)16-9-10-6-5-7-11(14)8-10/h5-8,15H,9H2,1-4H3. The average molecular weight is 243 g/mol. The lowest BCUT2D eigenvalue weighted by molar-refractivity contribution is -0.153. The zero-order chi connectivity index (χ0) is 12.4. The summed E-state index contributed by atoms with van der Waals surface area (Å²) in [5.41, 5.74) is -0.481. The molecule has 0 fully saturated rings. The van der Waals surface area contributed by atoms with Crippen LogP contribution in [0.5, 0.6) is 0 Å². The zero-order valence-corrected chi connectivity index (χ0v) is 11.0. The summed E-state index contributed by atoms with van der Waals surface area (Å²) >= 11 is 5.88. The van der Waals surface area contributed by atoms with Crippen LogP contribution in [0.1, 0.15) is 33.3 Å². The lowest BCUT2D eigenvalue weighted by Gasteiger charge is -2.37. The maximum atomic E-state index is 9.93. The van der Waals surface area contributed by atoms with E-state index in [0.717, 1.165) is 5.56 Å². The summed E-state index contributed by atoms with van der Waals surface area (Å²) in [7, 11) is 0. The third-order valence-electron chi connectivity index (χ3n) is 2.96. The number of hydrogen-bond donors (Lipinski definition) is 1. The molecule has 16 heavy (non-hydrogen) atoms. The van der Waals surface area contributed by atoms with Crippen molar-refractivity contribution in [2.45, 2.75) is 45.5 Å². The zero-order valence-electron chi connectivity index (χ0n) is 10.2. The summed E-state index contributed by atoms with van der Waals surface area (Å²) in [5, 5.41) is 10.6. The molecule has 0 saturated heterocycles. The highest BCUT2D eigenvalue weighted by molar-refractivity contribution is 6.30. The van der Waals surface area contributed by atoms with E-state index < -0.39 is 11.2 Å². The van der Waals surface area contributed by atoms with Gasteiger partial charge in [-0.2, -0.15) is 0 Å². The Morgan fingerprint density at radius 2 is 1.88 bits per heavy atom. The largest absolute Gasteiger partial charge is 0.387 e. The van der Waals surface area contributed by atoms with Gasteiger partial charge in [-0.3, -0.25) is 0 Å². The Hall–Kier alpha value is -0.570. The van der Waals surface area contributed by atoms with Gasteiger partial charge < -0.3 is 9.84 Å². The highest BCUT2D eigenvalue weighted by Crippen LogP contribution is 2.26. The quantitative estimate of drug-likeness (QED) is 0.877. The summed E-state index contributed by atoms with van der Waals surface area (Å²) in [6.07, 6.45) is 0. The highest BCUT2D eigenvalue weighted by Gasteiger charge is 2.35. The minimum absolute atomic E-state index is 0.442. The van der Waals surface area contributed by atoms with Crippen molar-refractivity contribution >= 4 is 11.6 Å². The van der Waals surface area contributed by atoms with E-state index in [4.69, 9.17) is 16.3 Å². The molecule has 0 bridgehead atoms. The number of hydrogen-bond acceptors (Lipinski definition) is 2. The summed E-state index contributed by atoms with van der Waals surface area (Å²) in [5.74, 6) is 0. The van der Waals surface area contributed by atoms with Crippen LogP contribution in [0.25, 0.3) is 0 Å². The molecule has 0 radical (unpaired) electrons. The summed E-state index contributed by atoms with van der Waals surface area (Å²) in [6, 6.07) is 7.53. The molecule has 1 aromatic carbocycles. The van der Waals surface area contributed by atoms with Crippen LogP contribution in [0.2, 0.25) is 5.02 Å². The van der Waals surface area contributed by atoms with E-state index >= 15 is 0 Å². The molecule has 2 nitrogen and oxygen atoms in total. The second-order valence-corrected chi connectivity index (χ2v) is 5.42. The predicted octanol–water partition coefficient (Wildman–Crippen LogP) is 3.41. The van der Waals surface area contributed by atoms with Crippen molar-refractivity contribution in [3.8, 4) is 0 Å². The monoisotopic (exact) mass is 242 g/mol. The highest BCUT2D eigenvalue weighted by atomic mass is 35.5. The van der Waals surface area contributed by atoms with Crippen LogP contribution in [0, 0.1) is 0 Å². The Kier molecular flexibility index (Phi) is 4.00. The molecule has 0 unspecified atom stereocenters. The fraction of sp³-hybridized carbons (Fsp3) is 0.538. The van der Waals surface area contributed by atoms with Crippen molar-refractivity contribution in [3.05, 3.63) is 34.9 Å². The maximum absolute atomic E-state index is 9.93. The van der Waals surface area contributed by atoms with Crippen LogP contribution in [-0.2, 0) is 11.3 Å². The van der Waals surface area contributed by atoms with E-state index in [1.54, 1.807) is 13.8 Å². The Balaban J connectivity index is 2.65. The first-order chi connectivity index (χ1) is 7.22. The predicted molar refractivity (Wildman–Crippen MR) is 66.6 cm³/mol. The SMILES string of the molecule is CC(C)(O)C(C)(C)OCc1cccc(Cl)c1. The van der Waals surface area contributed by atoms with Crippen LogP contribution in [0.4, 0.5) is 0 Å². The number of aliphatic hydroxyl groups is 1. The number of ether oxygens (including phenoxy) is 1. The van der Waals surface area contributed by atoms with Gasteiger partial charge in [0.2, 0.25) is 0 Å². The van der Waals surface area contributed by atoms with Crippen LogP contribution < -0.4 is 0 Å². The minimum atomic E-state index is -0.883. The van der Waals surface area contributed by atoms with Gasteiger partial charge in [-0.15, -0.1) is 0 Å².